The predicted molar refractivity (Wildman–Crippen MR) is 89.0 cm³/mol. The first-order chi connectivity index (χ1) is 10.2. The van der Waals surface area contributed by atoms with Crippen LogP contribution in [0, 0.1) is 6.92 Å². The number of nitrogens with one attached hydrogen (secondary N) is 2. The van der Waals surface area contributed by atoms with E-state index in [1.54, 1.807) is 17.7 Å². The summed E-state index contributed by atoms with van der Waals surface area (Å²) >= 11 is 1.71. The molecule has 0 saturated heterocycles. The molecule has 0 aliphatic rings. The Morgan fingerprint density at radius 3 is 2.43 bits per heavy atom. The summed E-state index contributed by atoms with van der Waals surface area (Å²) < 4.78 is 0. The van der Waals surface area contributed by atoms with E-state index in [9.17, 15) is 0 Å². The Balaban J connectivity index is 2.12. The van der Waals surface area contributed by atoms with Crippen molar-refractivity contribution in [2.24, 2.45) is 0 Å². The van der Waals surface area contributed by atoms with Gasteiger partial charge in [0.15, 0.2) is 0 Å². The van der Waals surface area contributed by atoms with E-state index in [2.05, 4.69) is 39.4 Å². The largest absolute Gasteiger partial charge is 0.370 e. The molecule has 21 heavy (non-hydrogen) atoms. The average Bonchev–Trinajstić information content (AvgIpc) is 2.90. The number of aryl methyl sites for hydroxylation is 1. The highest BCUT2D eigenvalue weighted by atomic mass is 32.1. The number of hydrogen-bond acceptors (Lipinski definition) is 6. The van der Waals surface area contributed by atoms with E-state index >= 15 is 0 Å². The second kappa shape index (κ2) is 7.93. The molecule has 0 aliphatic heterocycles. The summed E-state index contributed by atoms with van der Waals surface area (Å²) in [6.45, 7) is 8.04. The van der Waals surface area contributed by atoms with Crippen molar-refractivity contribution in [3.05, 3.63) is 28.0 Å². The van der Waals surface area contributed by atoms with Crippen molar-refractivity contribution >= 4 is 23.0 Å². The van der Waals surface area contributed by atoms with Gasteiger partial charge in [0.05, 0.1) is 11.6 Å². The predicted octanol–water partition coefficient (Wildman–Crippen LogP) is 3.63. The summed E-state index contributed by atoms with van der Waals surface area (Å²) in [5.41, 5.74) is 1.18. The zero-order valence-corrected chi connectivity index (χ0v) is 13.8. The number of nitrogens with zero attached hydrogens (tertiary/aromatic N) is 3. The molecule has 114 valence electrons. The number of rotatable bonds is 8. The Hall–Kier alpha value is -1.69. The van der Waals surface area contributed by atoms with Gasteiger partial charge in [-0.05, 0) is 19.8 Å². The lowest BCUT2D eigenvalue weighted by Gasteiger charge is -2.14. The van der Waals surface area contributed by atoms with Gasteiger partial charge in [-0.25, -0.2) is 15.0 Å². The van der Waals surface area contributed by atoms with Crippen molar-refractivity contribution in [3.63, 3.8) is 0 Å². The molecule has 0 saturated carbocycles. The maximum Gasteiger partial charge on any atom is 0.135 e. The molecule has 0 spiro atoms. The number of thiazole rings is 1. The van der Waals surface area contributed by atoms with E-state index in [4.69, 9.17) is 0 Å². The van der Waals surface area contributed by atoms with Gasteiger partial charge in [0.2, 0.25) is 0 Å². The lowest BCUT2D eigenvalue weighted by atomic mass is 10.1. The summed E-state index contributed by atoms with van der Waals surface area (Å²) in [7, 11) is 0. The van der Waals surface area contributed by atoms with Gasteiger partial charge >= 0.3 is 0 Å². The quantitative estimate of drug-likeness (QED) is 0.780. The second-order valence-corrected chi connectivity index (χ2v) is 6.24. The number of anilines is 2. The average molecular weight is 305 g/mol. The minimum Gasteiger partial charge on any atom is -0.370 e. The molecule has 0 atom stereocenters. The molecule has 0 fully saturated rings. The molecular weight excluding hydrogens is 282 g/mol. The molecule has 2 aromatic rings. The van der Waals surface area contributed by atoms with Crippen LogP contribution in [0.25, 0.3) is 0 Å². The third-order valence-electron chi connectivity index (χ3n) is 3.09. The van der Waals surface area contributed by atoms with Crippen LogP contribution in [0.15, 0.2) is 12.5 Å². The first kappa shape index (κ1) is 15.7. The number of aromatic nitrogens is 3. The van der Waals surface area contributed by atoms with Gasteiger partial charge in [-0.3, -0.25) is 0 Å². The Bertz CT molecular complexity index is 567. The smallest absolute Gasteiger partial charge is 0.135 e. The fourth-order valence-corrected chi connectivity index (χ4v) is 2.84. The summed E-state index contributed by atoms with van der Waals surface area (Å²) in [5.74, 6) is 1.88. The molecule has 0 aliphatic carbocycles. The van der Waals surface area contributed by atoms with Crippen molar-refractivity contribution in [3.8, 4) is 0 Å². The van der Waals surface area contributed by atoms with Crippen LogP contribution in [0.3, 0.4) is 0 Å². The molecule has 2 rings (SSSR count). The highest BCUT2D eigenvalue weighted by molar-refractivity contribution is 7.11. The van der Waals surface area contributed by atoms with Gasteiger partial charge in [-0.2, -0.15) is 0 Å². The molecule has 2 heterocycles. The van der Waals surface area contributed by atoms with Gasteiger partial charge in [0.25, 0.3) is 0 Å². The summed E-state index contributed by atoms with van der Waals surface area (Å²) in [4.78, 5) is 14.3. The molecule has 0 aromatic carbocycles. The normalized spacial score (nSPS) is 10.6. The van der Waals surface area contributed by atoms with Crippen molar-refractivity contribution in [2.75, 3.05) is 17.2 Å². The molecule has 0 unspecified atom stereocenters. The molecule has 0 bridgehead atoms. The molecule has 2 aromatic heterocycles. The van der Waals surface area contributed by atoms with Crippen molar-refractivity contribution < 1.29 is 0 Å². The summed E-state index contributed by atoms with van der Waals surface area (Å²) in [6, 6.07) is 0. The first-order valence-corrected chi connectivity index (χ1v) is 8.29. The Morgan fingerprint density at radius 1 is 1.05 bits per heavy atom. The van der Waals surface area contributed by atoms with E-state index in [1.807, 2.05) is 13.1 Å². The van der Waals surface area contributed by atoms with Crippen LogP contribution in [-0.4, -0.2) is 21.5 Å². The SMILES string of the molecule is CCCNc1ncnc(NCc2cnc(C)s2)c1CCC. The molecule has 0 amide bonds. The van der Waals surface area contributed by atoms with Gasteiger partial charge in [0.1, 0.15) is 18.0 Å². The van der Waals surface area contributed by atoms with Crippen LogP contribution in [0.1, 0.15) is 42.1 Å². The van der Waals surface area contributed by atoms with Crippen LogP contribution in [0.5, 0.6) is 0 Å². The van der Waals surface area contributed by atoms with Gasteiger partial charge in [-0.1, -0.05) is 20.3 Å². The van der Waals surface area contributed by atoms with E-state index in [-0.39, 0.29) is 0 Å². The van der Waals surface area contributed by atoms with Crippen LogP contribution in [0.4, 0.5) is 11.6 Å². The Labute approximate surface area is 130 Å². The standard InChI is InChI=1S/C15H23N5S/c1-4-6-13-14(16-7-5-2)19-10-20-15(13)18-9-12-8-17-11(3)21-12/h8,10H,4-7,9H2,1-3H3,(H2,16,18,19,20). The summed E-state index contributed by atoms with van der Waals surface area (Å²) in [5, 5.41) is 7.90. The second-order valence-electron chi connectivity index (χ2n) is 4.93. The minimum atomic E-state index is 0.756. The number of hydrogen-bond donors (Lipinski definition) is 2. The Kier molecular flexibility index (Phi) is 5.92. The van der Waals surface area contributed by atoms with E-state index in [0.717, 1.165) is 49.0 Å². The third kappa shape index (κ3) is 4.39. The van der Waals surface area contributed by atoms with Crippen molar-refractivity contribution in [1.29, 1.82) is 0 Å². The van der Waals surface area contributed by atoms with E-state index in [1.165, 1.54) is 10.4 Å². The zero-order chi connectivity index (χ0) is 15.1. The molecule has 2 N–H and O–H groups in total. The Morgan fingerprint density at radius 2 is 1.81 bits per heavy atom. The maximum absolute atomic E-state index is 4.41. The highest BCUT2D eigenvalue weighted by Crippen LogP contribution is 2.23. The molecule has 6 heteroatoms. The van der Waals surface area contributed by atoms with Gasteiger partial charge < -0.3 is 10.6 Å². The third-order valence-corrected chi connectivity index (χ3v) is 4.00. The summed E-state index contributed by atoms with van der Waals surface area (Å²) in [6.07, 6.45) is 6.67. The fraction of sp³-hybridized carbons (Fsp3) is 0.533. The first-order valence-electron chi connectivity index (χ1n) is 7.47. The lowest BCUT2D eigenvalue weighted by molar-refractivity contribution is 0.887. The molecular formula is C15H23N5S. The lowest BCUT2D eigenvalue weighted by Crippen LogP contribution is -2.10. The van der Waals surface area contributed by atoms with Crippen LogP contribution in [-0.2, 0) is 13.0 Å². The fourth-order valence-electron chi connectivity index (χ4n) is 2.11. The van der Waals surface area contributed by atoms with Crippen molar-refractivity contribution in [1.82, 2.24) is 15.0 Å². The monoisotopic (exact) mass is 305 g/mol. The minimum absolute atomic E-state index is 0.756. The zero-order valence-electron chi connectivity index (χ0n) is 12.9. The van der Waals surface area contributed by atoms with Crippen LogP contribution < -0.4 is 10.6 Å². The van der Waals surface area contributed by atoms with Crippen LogP contribution >= 0.6 is 11.3 Å². The highest BCUT2D eigenvalue weighted by Gasteiger charge is 2.10. The van der Waals surface area contributed by atoms with Gasteiger partial charge in [0, 0.05) is 23.2 Å². The molecule has 0 radical (unpaired) electrons. The topological polar surface area (TPSA) is 62.7 Å². The van der Waals surface area contributed by atoms with Crippen molar-refractivity contribution in [2.45, 2.75) is 46.6 Å². The van der Waals surface area contributed by atoms with Crippen LogP contribution in [0.2, 0.25) is 0 Å². The van der Waals surface area contributed by atoms with E-state index in [0.29, 0.717) is 0 Å². The van der Waals surface area contributed by atoms with E-state index < -0.39 is 0 Å². The van der Waals surface area contributed by atoms with Gasteiger partial charge in [-0.15, -0.1) is 11.3 Å². The maximum atomic E-state index is 4.41. The molecule has 5 nitrogen and oxygen atoms in total.